The Morgan fingerprint density at radius 2 is 0.644 bits per heavy atom. The van der Waals surface area contributed by atoms with E-state index in [-0.39, 0.29) is 18.4 Å². The molecule has 0 amide bonds. The molecule has 8 aliphatic rings. The fourth-order valence-electron chi connectivity index (χ4n) is 9.66. The van der Waals surface area contributed by atoms with Crippen LogP contribution in [-0.2, 0) is 18.9 Å². The van der Waals surface area contributed by atoms with Crippen molar-refractivity contribution < 1.29 is 23.3 Å². The van der Waals surface area contributed by atoms with Gasteiger partial charge in [0, 0.05) is 11.8 Å². The molecule has 0 aromatic heterocycles. The molecule has 3 saturated carbocycles. The van der Waals surface area contributed by atoms with E-state index in [0.717, 1.165) is 91.2 Å². The highest BCUT2D eigenvalue weighted by atomic mass is 19.1. The molecule has 426 valence electrons. The summed E-state index contributed by atoms with van der Waals surface area (Å²) in [6.45, 7) is 43.0. The Morgan fingerprint density at radius 1 is 0.356 bits per heavy atom. The average Bonchev–Trinajstić information content (AvgIpc) is 3.37. The molecule has 4 unspecified atom stereocenters. The summed E-state index contributed by atoms with van der Waals surface area (Å²) in [5.74, 6) is 10.7. The van der Waals surface area contributed by atoms with Crippen LogP contribution >= 0.6 is 0 Å². The molecule has 4 atom stereocenters. The van der Waals surface area contributed by atoms with E-state index in [1.165, 1.54) is 134 Å². The summed E-state index contributed by atoms with van der Waals surface area (Å²) in [7, 11) is 0. The van der Waals surface area contributed by atoms with Crippen molar-refractivity contribution in [3.8, 4) is 0 Å². The first-order valence-corrected chi connectivity index (χ1v) is 30.7. The van der Waals surface area contributed by atoms with Gasteiger partial charge in [0.1, 0.15) is 5.82 Å². The van der Waals surface area contributed by atoms with E-state index in [0.29, 0.717) is 17.4 Å². The topological polar surface area (TPSA) is 36.9 Å². The molecule has 6 aliphatic carbocycles. The second-order valence-corrected chi connectivity index (χ2v) is 25.8. The third kappa shape index (κ3) is 39.3. The molecule has 0 bridgehead atoms. The lowest BCUT2D eigenvalue weighted by Crippen LogP contribution is -2.27. The Balaban J connectivity index is 0.000000411. The van der Waals surface area contributed by atoms with Gasteiger partial charge in [0.05, 0.1) is 26.4 Å². The number of hydrogen-bond acceptors (Lipinski definition) is 4. The van der Waals surface area contributed by atoms with Crippen LogP contribution in [0.15, 0.2) is 53.6 Å². The molecule has 9 rings (SSSR count). The van der Waals surface area contributed by atoms with Gasteiger partial charge in [0.2, 0.25) is 0 Å². The minimum absolute atomic E-state index is 0.0196. The van der Waals surface area contributed by atoms with Crippen molar-refractivity contribution >= 4 is 0 Å². The van der Waals surface area contributed by atoms with E-state index < -0.39 is 0 Å². The van der Waals surface area contributed by atoms with Gasteiger partial charge in [-0.1, -0.05) is 208 Å². The molecule has 1 aromatic rings. The number of aryl methyl sites for hydroxylation is 2. The molecule has 2 saturated heterocycles. The Kier molecular flexibility index (Phi) is 39.2. The standard InChI is InChI=1S/C8H9F.3C8H16.3C8H14.2C6H12O2/c1-6-3-4-7(2)8(9)5-6;6*1-7-3-5-8(2)6-4-7;2*1-5-3-7-6(2)8-4-5/h3-5H,1-2H3;3*7-8H,3-6H2,1-2H3;2*3,8H,4-6H2,1-2H3;3,5,7-8H,4,6H2,1-2H3;2*5-6H,3-4H2,1-2H3. The molecule has 2 heterocycles. The quantitative estimate of drug-likeness (QED) is 0.243. The summed E-state index contributed by atoms with van der Waals surface area (Å²) in [5.41, 5.74) is 4.85. The van der Waals surface area contributed by atoms with Gasteiger partial charge in [0.25, 0.3) is 0 Å². The second kappa shape index (κ2) is 41.3. The van der Waals surface area contributed by atoms with Crippen LogP contribution < -0.4 is 0 Å². The summed E-state index contributed by atoms with van der Waals surface area (Å²) in [6, 6.07) is 5.22. The van der Waals surface area contributed by atoms with Crippen LogP contribution in [-0.4, -0.2) is 39.0 Å². The van der Waals surface area contributed by atoms with Crippen LogP contribution in [0.3, 0.4) is 0 Å². The predicted octanol–water partition coefficient (Wildman–Crippen LogP) is 21.1. The largest absolute Gasteiger partial charge is 0.353 e. The highest BCUT2D eigenvalue weighted by Crippen LogP contribution is 2.29. The number of hydrogen-bond donors (Lipinski definition) is 0. The van der Waals surface area contributed by atoms with E-state index >= 15 is 0 Å². The zero-order chi connectivity index (χ0) is 54.7. The molecule has 5 heteroatoms. The van der Waals surface area contributed by atoms with Crippen molar-refractivity contribution in [1.29, 1.82) is 0 Å². The molecule has 1 aromatic carbocycles. The molecule has 0 spiro atoms. The number of rotatable bonds is 0. The molecule has 5 fully saturated rings. The van der Waals surface area contributed by atoms with Gasteiger partial charge in [-0.2, -0.15) is 0 Å². The van der Waals surface area contributed by atoms with Gasteiger partial charge in [-0.3, -0.25) is 0 Å². The third-order valence-corrected chi connectivity index (χ3v) is 16.3. The van der Waals surface area contributed by atoms with E-state index in [1.54, 1.807) is 24.1 Å². The highest BCUT2D eigenvalue weighted by molar-refractivity contribution is 5.21. The Bertz CT molecular complexity index is 1340. The zero-order valence-electron chi connectivity index (χ0n) is 51.6. The monoisotopic (exact) mass is 1020 g/mol. The lowest BCUT2D eigenvalue weighted by molar-refractivity contribution is -0.187. The lowest BCUT2D eigenvalue weighted by atomic mass is 9.84. The van der Waals surface area contributed by atoms with Crippen molar-refractivity contribution in [2.75, 3.05) is 26.4 Å². The first kappa shape index (κ1) is 69.2. The Hall–Kier alpha value is -1.79. The van der Waals surface area contributed by atoms with Crippen LogP contribution in [0.2, 0.25) is 0 Å². The second-order valence-electron chi connectivity index (χ2n) is 25.8. The Morgan fingerprint density at radius 3 is 0.836 bits per heavy atom. The van der Waals surface area contributed by atoms with Gasteiger partial charge < -0.3 is 18.9 Å². The summed E-state index contributed by atoms with van der Waals surface area (Å²) in [5, 5.41) is 0. The van der Waals surface area contributed by atoms with Gasteiger partial charge >= 0.3 is 0 Å². The first-order chi connectivity index (χ1) is 34.5. The summed E-state index contributed by atoms with van der Waals surface area (Å²) < 4.78 is 33.3. The highest BCUT2D eigenvalue weighted by Gasteiger charge is 2.17. The van der Waals surface area contributed by atoms with Gasteiger partial charge in [-0.25, -0.2) is 4.39 Å². The first-order valence-electron chi connectivity index (χ1n) is 30.7. The van der Waals surface area contributed by atoms with Crippen LogP contribution in [0.1, 0.15) is 250 Å². The molecule has 0 N–H and O–H groups in total. The van der Waals surface area contributed by atoms with Gasteiger partial charge in [-0.05, 0) is 169 Å². The smallest absolute Gasteiger partial charge is 0.154 e. The maximum atomic E-state index is 12.6. The molecular weight excluding hydrogens is 900 g/mol. The SMILES string of the molecule is CC1=CCC(C)CC1.CC1=CCC(C)CC1.CC1C=CC(C)CC1.CC1CCC(C)CC1.CC1CCC(C)CC1.CC1CCC(C)CC1.CC1COC(C)OC1.CC1COC(C)OC1.Cc1ccc(C)c(F)c1. The lowest BCUT2D eigenvalue weighted by Gasteiger charge is -2.24. The molecule has 0 radical (unpaired) electrons. The summed E-state index contributed by atoms with van der Waals surface area (Å²) in [6.07, 6.45) is 38.0. The maximum Gasteiger partial charge on any atom is 0.154 e. The minimum atomic E-state index is -0.116. The van der Waals surface area contributed by atoms with Crippen molar-refractivity contribution in [2.24, 2.45) is 71.0 Å². The average molecular weight is 1020 g/mol. The van der Waals surface area contributed by atoms with E-state index in [9.17, 15) is 4.39 Å². The molecule has 73 heavy (non-hydrogen) atoms. The summed E-state index contributed by atoms with van der Waals surface area (Å²) >= 11 is 0. The van der Waals surface area contributed by atoms with Crippen molar-refractivity contribution in [2.45, 2.75) is 266 Å². The fourth-order valence-corrected chi connectivity index (χ4v) is 9.66. The van der Waals surface area contributed by atoms with Crippen LogP contribution in [0.5, 0.6) is 0 Å². The third-order valence-electron chi connectivity index (χ3n) is 16.3. The van der Waals surface area contributed by atoms with E-state index in [1.807, 2.05) is 26.8 Å². The van der Waals surface area contributed by atoms with Crippen molar-refractivity contribution in [1.82, 2.24) is 0 Å². The van der Waals surface area contributed by atoms with Crippen LogP contribution in [0.4, 0.5) is 4.39 Å². The molecular formula is C68H123FO4. The number of ether oxygens (including phenoxy) is 4. The van der Waals surface area contributed by atoms with E-state index in [4.69, 9.17) is 18.9 Å². The van der Waals surface area contributed by atoms with Crippen LogP contribution in [0, 0.1) is 90.7 Å². The zero-order valence-corrected chi connectivity index (χ0v) is 51.6. The minimum Gasteiger partial charge on any atom is -0.353 e. The van der Waals surface area contributed by atoms with Gasteiger partial charge in [-0.15, -0.1) is 0 Å². The predicted molar refractivity (Wildman–Crippen MR) is 318 cm³/mol. The summed E-state index contributed by atoms with van der Waals surface area (Å²) in [4.78, 5) is 0. The number of benzene rings is 1. The Labute approximate surface area is 455 Å². The van der Waals surface area contributed by atoms with Crippen LogP contribution in [0.25, 0.3) is 0 Å². The van der Waals surface area contributed by atoms with Crippen molar-refractivity contribution in [3.05, 3.63) is 70.6 Å². The van der Waals surface area contributed by atoms with Crippen molar-refractivity contribution in [3.63, 3.8) is 0 Å². The number of halogens is 1. The molecule has 4 nitrogen and oxygen atoms in total. The number of allylic oxidation sites excluding steroid dienone is 6. The van der Waals surface area contributed by atoms with Gasteiger partial charge in [0.15, 0.2) is 12.6 Å². The van der Waals surface area contributed by atoms with E-state index in [2.05, 4.69) is 121 Å². The normalized spacial score (nSPS) is 33.6. The molecule has 2 aliphatic heterocycles. The fraction of sp³-hybridized carbons (Fsp3) is 0.824. The maximum absolute atomic E-state index is 12.6.